The molecule has 1 amide bonds. The Morgan fingerprint density at radius 2 is 1.93 bits per heavy atom. The van der Waals surface area contributed by atoms with Crippen molar-refractivity contribution in [2.75, 3.05) is 18.4 Å². The van der Waals surface area contributed by atoms with Gasteiger partial charge in [0, 0.05) is 24.8 Å². The molecule has 158 valence electrons. The van der Waals surface area contributed by atoms with Crippen LogP contribution in [0.5, 0.6) is 5.75 Å². The zero-order valence-electron chi connectivity index (χ0n) is 17.4. The molecule has 0 spiro atoms. The van der Waals surface area contributed by atoms with E-state index in [0.29, 0.717) is 30.5 Å². The van der Waals surface area contributed by atoms with E-state index in [0.717, 1.165) is 11.4 Å². The zero-order chi connectivity index (χ0) is 21.7. The van der Waals surface area contributed by atoms with Gasteiger partial charge in [0.1, 0.15) is 11.6 Å². The third-order valence-corrected chi connectivity index (χ3v) is 4.29. The molecule has 2 N–H and O–H groups in total. The highest BCUT2D eigenvalue weighted by molar-refractivity contribution is 5.80. The van der Waals surface area contributed by atoms with Crippen molar-refractivity contribution in [2.24, 2.45) is 0 Å². The van der Waals surface area contributed by atoms with Crippen molar-refractivity contribution >= 4 is 11.7 Å². The van der Waals surface area contributed by atoms with Gasteiger partial charge in [-0.3, -0.25) is 4.79 Å². The van der Waals surface area contributed by atoms with Crippen molar-refractivity contribution in [2.45, 2.75) is 33.8 Å². The Hall–Kier alpha value is -3.49. The van der Waals surface area contributed by atoms with Crippen LogP contribution in [0.4, 0.5) is 10.2 Å². The summed E-state index contributed by atoms with van der Waals surface area (Å²) in [5, 5.41) is 10.4. The molecular formula is C21H25FN6O2. The molecule has 0 bridgehead atoms. The number of rotatable bonds is 8. The summed E-state index contributed by atoms with van der Waals surface area (Å²) in [4.78, 5) is 21.0. The van der Waals surface area contributed by atoms with Gasteiger partial charge in [0.05, 0.1) is 5.69 Å². The van der Waals surface area contributed by atoms with E-state index in [2.05, 4.69) is 25.7 Å². The second-order valence-corrected chi connectivity index (χ2v) is 6.91. The third kappa shape index (κ3) is 5.31. The Kier molecular flexibility index (Phi) is 6.61. The van der Waals surface area contributed by atoms with Gasteiger partial charge in [-0.25, -0.2) is 19.0 Å². The van der Waals surface area contributed by atoms with Gasteiger partial charge in [0.15, 0.2) is 23.5 Å². The van der Waals surface area contributed by atoms with E-state index in [-0.39, 0.29) is 11.7 Å². The highest BCUT2D eigenvalue weighted by atomic mass is 19.1. The summed E-state index contributed by atoms with van der Waals surface area (Å²) in [7, 11) is 0. The number of carbonyl (C=O) groups excluding carboxylic acids is 1. The number of halogens is 1. The molecule has 2 heterocycles. The monoisotopic (exact) mass is 412 g/mol. The number of hydrogen-bond donors (Lipinski definition) is 2. The second-order valence-electron chi connectivity index (χ2n) is 6.91. The van der Waals surface area contributed by atoms with Gasteiger partial charge in [-0.2, -0.15) is 5.10 Å². The Bertz CT molecular complexity index is 1040. The first-order chi connectivity index (χ1) is 14.3. The predicted octanol–water partition coefficient (Wildman–Crippen LogP) is 2.72. The third-order valence-electron chi connectivity index (χ3n) is 4.29. The number of carbonyl (C=O) groups is 1. The lowest BCUT2D eigenvalue weighted by Gasteiger charge is -2.15. The molecule has 3 rings (SSSR count). The Labute approximate surface area is 174 Å². The first kappa shape index (κ1) is 21.2. The van der Waals surface area contributed by atoms with Crippen LogP contribution in [0.2, 0.25) is 0 Å². The Balaban J connectivity index is 1.52. The van der Waals surface area contributed by atoms with E-state index in [1.165, 1.54) is 12.1 Å². The van der Waals surface area contributed by atoms with Crippen LogP contribution in [0.3, 0.4) is 0 Å². The normalized spacial score (nSPS) is 11.8. The maximum atomic E-state index is 13.6. The lowest BCUT2D eigenvalue weighted by Crippen LogP contribution is -2.38. The number of hydrogen-bond acceptors (Lipinski definition) is 6. The molecule has 30 heavy (non-hydrogen) atoms. The number of nitrogens with one attached hydrogen (secondary N) is 2. The molecule has 2 aromatic heterocycles. The average Bonchev–Trinajstić information content (AvgIpc) is 3.04. The highest BCUT2D eigenvalue weighted by Gasteiger charge is 2.16. The molecule has 0 saturated carbocycles. The van der Waals surface area contributed by atoms with Crippen LogP contribution in [0.15, 0.2) is 36.4 Å². The Morgan fingerprint density at radius 3 is 2.63 bits per heavy atom. The van der Waals surface area contributed by atoms with Crippen LogP contribution < -0.4 is 15.4 Å². The number of nitrogens with zero attached hydrogens (tertiary/aromatic N) is 4. The summed E-state index contributed by atoms with van der Waals surface area (Å²) in [6.45, 7) is 8.07. The summed E-state index contributed by atoms with van der Waals surface area (Å²) in [5.74, 6) is 1.13. The summed E-state index contributed by atoms with van der Waals surface area (Å²) in [5.41, 5.74) is 1.89. The zero-order valence-corrected chi connectivity index (χ0v) is 17.4. The molecule has 0 radical (unpaired) electrons. The van der Waals surface area contributed by atoms with Crippen molar-refractivity contribution in [1.82, 2.24) is 25.1 Å². The SMILES string of the molecule is Cc1cc(C)n(-c2cc(NCCNC(=O)[C@H](C)Oc3ccccc3F)nc(C)n2)n1. The second kappa shape index (κ2) is 9.34. The van der Waals surface area contributed by atoms with Crippen molar-refractivity contribution in [3.05, 3.63) is 59.4 Å². The van der Waals surface area contributed by atoms with Crippen LogP contribution in [0.25, 0.3) is 5.82 Å². The summed E-state index contributed by atoms with van der Waals surface area (Å²) in [6, 6.07) is 9.76. The molecule has 9 heteroatoms. The van der Waals surface area contributed by atoms with Gasteiger partial charge in [0.2, 0.25) is 0 Å². The minimum absolute atomic E-state index is 0.0476. The van der Waals surface area contributed by atoms with Crippen LogP contribution >= 0.6 is 0 Å². The lowest BCUT2D eigenvalue weighted by molar-refractivity contribution is -0.127. The van der Waals surface area contributed by atoms with Crippen molar-refractivity contribution in [3.63, 3.8) is 0 Å². The molecule has 8 nitrogen and oxygen atoms in total. The molecule has 0 aliphatic carbocycles. The fourth-order valence-electron chi connectivity index (χ4n) is 2.92. The molecule has 0 saturated heterocycles. The summed E-state index contributed by atoms with van der Waals surface area (Å²) in [6.07, 6.45) is -0.819. The standard InChI is InChI=1S/C21H25FN6O2/c1-13-11-14(2)28(27-13)20-12-19(25-16(4)26-20)23-9-10-24-21(29)15(3)30-18-8-6-5-7-17(18)22/h5-8,11-12,15H,9-10H2,1-4H3,(H,24,29)(H,23,25,26)/t15-/m0/s1. The minimum Gasteiger partial charge on any atom is -0.478 e. The molecule has 0 unspecified atom stereocenters. The number of amides is 1. The first-order valence-electron chi connectivity index (χ1n) is 9.65. The molecule has 0 fully saturated rings. The smallest absolute Gasteiger partial charge is 0.260 e. The molecular weight excluding hydrogens is 387 g/mol. The van der Waals surface area contributed by atoms with Crippen LogP contribution in [-0.2, 0) is 4.79 Å². The van der Waals surface area contributed by atoms with Crippen LogP contribution in [0, 0.1) is 26.6 Å². The molecule has 0 aliphatic rings. The topological polar surface area (TPSA) is 94.0 Å². The number of ether oxygens (including phenoxy) is 1. The lowest BCUT2D eigenvalue weighted by atomic mass is 10.3. The molecule has 1 atom stereocenters. The average molecular weight is 412 g/mol. The molecule has 0 aliphatic heterocycles. The number of aromatic nitrogens is 4. The summed E-state index contributed by atoms with van der Waals surface area (Å²) < 4.78 is 20.8. The van der Waals surface area contributed by atoms with Crippen molar-refractivity contribution < 1.29 is 13.9 Å². The van der Waals surface area contributed by atoms with Crippen LogP contribution in [-0.4, -0.2) is 44.8 Å². The predicted molar refractivity (Wildman–Crippen MR) is 111 cm³/mol. The van der Waals surface area contributed by atoms with Gasteiger partial charge >= 0.3 is 0 Å². The fraction of sp³-hybridized carbons (Fsp3) is 0.333. The number of anilines is 1. The quantitative estimate of drug-likeness (QED) is 0.553. The number of para-hydroxylation sites is 1. The van der Waals surface area contributed by atoms with Gasteiger partial charge in [-0.15, -0.1) is 0 Å². The fourth-order valence-corrected chi connectivity index (χ4v) is 2.92. The van der Waals surface area contributed by atoms with Crippen LogP contribution in [0.1, 0.15) is 24.1 Å². The van der Waals surface area contributed by atoms with E-state index in [1.54, 1.807) is 29.8 Å². The van der Waals surface area contributed by atoms with Gasteiger partial charge in [0.25, 0.3) is 5.91 Å². The first-order valence-corrected chi connectivity index (χ1v) is 9.65. The van der Waals surface area contributed by atoms with E-state index in [4.69, 9.17) is 4.74 Å². The molecule has 1 aromatic carbocycles. The van der Waals surface area contributed by atoms with E-state index >= 15 is 0 Å². The van der Waals surface area contributed by atoms with Crippen molar-refractivity contribution in [1.29, 1.82) is 0 Å². The number of aryl methyl sites for hydroxylation is 3. The van der Waals surface area contributed by atoms with Gasteiger partial charge in [-0.05, 0) is 45.9 Å². The highest BCUT2D eigenvalue weighted by Crippen LogP contribution is 2.17. The van der Waals surface area contributed by atoms with E-state index in [1.807, 2.05) is 26.8 Å². The largest absolute Gasteiger partial charge is 0.478 e. The minimum atomic E-state index is -0.819. The maximum Gasteiger partial charge on any atom is 0.260 e. The van der Waals surface area contributed by atoms with Gasteiger partial charge < -0.3 is 15.4 Å². The van der Waals surface area contributed by atoms with E-state index < -0.39 is 11.9 Å². The molecule has 3 aromatic rings. The van der Waals surface area contributed by atoms with Gasteiger partial charge in [-0.1, -0.05) is 12.1 Å². The van der Waals surface area contributed by atoms with E-state index in [9.17, 15) is 9.18 Å². The Morgan fingerprint density at radius 1 is 1.17 bits per heavy atom. The number of benzene rings is 1. The van der Waals surface area contributed by atoms with Crippen molar-refractivity contribution in [3.8, 4) is 11.6 Å². The summed E-state index contributed by atoms with van der Waals surface area (Å²) >= 11 is 0. The maximum absolute atomic E-state index is 13.6.